The molecule has 1 N–H and O–H groups in total. The molecule has 1 aliphatic carbocycles. The standard InChI is InChI=1S/C15H22FNO/c1-10-5-4-6-12(10)15(17-2)13-9-11(16)7-8-14(13)18-3/h7-10,12,15,17H,4-6H2,1-3H3. The van der Waals surface area contributed by atoms with Crippen molar-refractivity contribution in [2.24, 2.45) is 11.8 Å². The number of rotatable bonds is 4. The lowest BCUT2D eigenvalue weighted by Gasteiger charge is -2.28. The molecule has 1 aromatic carbocycles. The van der Waals surface area contributed by atoms with Gasteiger partial charge in [-0.25, -0.2) is 4.39 Å². The third-order valence-corrected chi connectivity index (χ3v) is 4.19. The van der Waals surface area contributed by atoms with Gasteiger partial charge in [0.2, 0.25) is 0 Å². The molecule has 3 unspecified atom stereocenters. The highest BCUT2D eigenvalue weighted by molar-refractivity contribution is 5.37. The van der Waals surface area contributed by atoms with Gasteiger partial charge in [-0.05, 0) is 43.5 Å². The number of hydrogen-bond donors (Lipinski definition) is 1. The molecule has 1 saturated carbocycles. The smallest absolute Gasteiger partial charge is 0.123 e. The number of hydrogen-bond acceptors (Lipinski definition) is 2. The molecule has 0 amide bonds. The SMILES string of the molecule is CNC(c1cc(F)ccc1OC)C1CCCC1C. The van der Waals surface area contributed by atoms with Crippen LogP contribution in [0, 0.1) is 17.7 Å². The van der Waals surface area contributed by atoms with Crippen molar-refractivity contribution in [1.29, 1.82) is 0 Å². The van der Waals surface area contributed by atoms with Crippen LogP contribution in [0.2, 0.25) is 0 Å². The fourth-order valence-electron chi connectivity index (χ4n) is 3.22. The van der Waals surface area contributed by atoms with Crippen LogP contribution < -0.4 is 10.1 Å². The highest BCUT2D eigenvalue weighted by atomic mass is 19.1. The number of methoxy groups -OCH3 is 1. The van der Waals surface area contributed by atoms with E-state index in [1.807, 2.05) is 7.05 Å². The molecule has 0 spiro atoms. The van der Waals surface area contributed by atoms with Crippen LogP contribution in [0.1, 0.15) is 37.8 Å². The molecule has 0 aliphatic heterocycles. The van der Waals surface area contributed by atoms with E-state index >= 15 is 0 Å². The van der Waals surface area contributed by atoms with Crippen LogP contribution in [-0.2, 0) is 0 Å². The molecule has 0 aromatic heterocycles. The second-order valence-electron chi connectivity index (χ2n) is 5.22. The van der Waals surface area contributed by atoms with Gasteiger partial charge < -0.3 is 10.1 Å². The number of benzene rings is 1. The Labute approximate surface area is 109 Å². The first-order valence-corrected chi connectivity index (χ1v) is 6.68. The Morgan fingerprint density at radius 1 is 1.39 bits per heavy atom. The van der Waals surface area contributed by atoms with Crippen molar-refractivity contribution < 1.29 is 9.13 Å². The minimum Gasteiger partial charge on any atom is -0.496 e. The van der Waals surface area contributed by atoms with Gasteiger partial charge in [-0.3, -0.25) is 0 Å². The monoisotopic (exact) mass is 251 g/mol. The molecular weight excluding hydrogens is 229 g/mol. The molecule has 2 nitrogen and oxygen atoms in total. The van der Waals surface area contributed by atoms with Gasteiger partial charge in [0.25, 0.3) is 0 Å². The van der Waals surface area contributed by atoms with E-state index in [0.29, 0.717) is 11.8 Å². The van der Waals surface area contributed by atoms with Gasteiger partial charge in [0.05, 0.1) is 7.11 Å². The largest absolute Gasteiger partial charge is 0.496 e. The van der Waals surface area contributed by atoms with Crippen LogP contribution in [0.5, 0.6) is 5.75 Å². The van der Waals surface area contributed by atoms with Crippen molar-refractivity contribution in [3.63, 3.8) is 0 Å². The molecule has 0 radical (unpaired) electrons. The average molecular weight is 251 g/mol. The maximum absolute atomic E-state index is 13.5. The van der Waals surface area contributed by atoms with Gasteiger partial charge in [0.15, 0.2) is 0 Å². The number of ether oxygens (including phenoxy) is 1. The van der Waals surface area contributed by atoms with Gasteiger partial charge in [-0.1, -0.05) is 19.8 Å². The first-order chi connectivity index (χ1) is 8.67. The predicted molar refractivity (Wildman–Crippen MR) is 71.3 cm³/mol. The molecule has 2 rings (SSSR count). The van der Waals surface area contributed by atoms with Gasteiger partial charge in [-0.15, -0.1) is 0 Å². The number of halogens is 1. The van der Waals surface area contributed by atoms with Gasteiger partial charge in [0.1, 0.15) is 11.6 Å². The highest BCUT2D eigenvalue weighted by Crippen LogP contribution is 2.42. The Hall–Kier alpha value is -1.09. The minimum absolute atomic E-state index is 0.174. The van der Waals surface area contributed by atoms with Crippen LogP contribution >= 0.6 is 0 Å². The fourth-order valence-corrected chi connectivity index (χ4v) is 3.22. The molecule has 18 heavy (non-hydrogen) atoms. The third-order valence-electron chi connectivity index (χ3n) is 4.19. The highest BCUT2D eigenvalue weighted by Gasteiger charge is 2.32. The lowest BCUT2D eigenvalue weighted by atomic mass is 9.85. The van der Waals surface area contributed by atoms with E-state index in [4.69, 9.17) is 4.74 Å². The van der Waals surface area contributed by atoms with E-state index in [2.05, 4.69) is 12.2 Å². The van der Waals surface area contributed by atoms with Crippen molar-refractivity contribution in [1.82, 2.24) is 5.32 Å². The normalized spacial score (nSPS) is 25.1. The van der Waals surface area contributed by atoms with Crippen molar-refractivity contribution >= 4 is 0 Å². The molecule has 3 atom stereocenters. The number of nitrogens with one attached hydrogen (secondary N) is 1. The molecule has 0 bridgehead atoms. The third kappa shape index (κ3) is 2.51. The van der Waals surface area contributed by atoms with Gasteiger partial charge in [-0.2, -0.15) is 0 Å². The Bertz CT molecular complexity index is 407. The maximum Gasteiger partial charge on any atom is 0.123 e. The van der Waals surface area contributed by atoms with E-state index in [0.717, 1.165) is 11.3 Å². The zero-order chi connectivity index (χ0) is 13.1. The molecule has 0 saturated heterocycles. The van der Waals surface area contributed by atoms with E-state index < -0.39 is 0 Å². The van der Waals surface area contributed by atoms with E-state index in [1.165, 1.54) is 25.3 Å². The molecule has 1 aromatic rings. The predicted octanol–water partition coefficient (Wildman–Crippen LogP) is 3.53. The summed E-state index contributed by atoms with van der Waals surface area (Å²) in [5.41, 5.74) is 0.943. The Kier molecular flexibility index (Phi) is 4.23. The van der Waals surface area contributed by atoms with Crippen molar-refractivity contribution in [2.75, 3.05) is 14.2 Å². The zero-order valence-corrected chi connectivity index (χ0v) is 11.4. The zero-order valence-electron chi connectivity index (χ0n) is 11.4. The van der Waals surface area contributed by atoms with Gasteiger partial charge >= 0.3 is 0 Å². The Morgan fingerprint density at radius 3 is 2.72 bits per heavy atom. The van der Waals surface area contributed by atoms with Crippen LogP contribution in [0.3, 0.4) is 0 Å². The fraction of sp³-hybridized carbons (Fsp3) is 0.600. The summed E-state index contributed by atoms with van der Waals surface area (Å²) in [6.07, 6.45) is 3.73. The first kappa shape index (κ1) is 13.3. The molecule has 1 aliphatic rings. The van der Waals surface area contributed by atoms with Crippen molar-refractivity contribution in [2.45, 2.75) is 32.2 Å². The second-order valence-corrected chi connectivity index (χ2v) is 5.22. The van der Waals surface area contributed by atoms with E-state index in [9.17, 15) is 4.39 Å². The molecule has 0 heterocycles. The van der Waals surface area contributed by atoms with Crippen molar-refractivity contribution in [3.8, 4) is 5.75 Å². The van der Waals surface area contributed by atoms with Crippen LogP contribution in [0.15, 0.2) is 18.2 Å². The van der Waals surface area contributed by atoms with E-state index in [1.54, 1.807) is 19.2 Å². The van der Waals surface area contributed by atoms with Gasteiger partial charge in [0, 0.05) is 11.6 Å². The van der Waals surface area contributed by atoms with Crippen LogP contribution in [0.25, 0.3) is 0 Å². The summed E-state index contributed by atoms with van der Waals surface area (Å²) in [6.45, 7) is 2.29. The second kappa shape index (κ2) is 5.70. The molecule has 3 heteroatoms. The molecule has 100 valence electrons. The first-order valence-electron chi connectivity index (χ1n) is 6.68. The van der Waals surface area contributed by atoms with Crippen LogP contribution in [-0.4, -0.2) is 14.2 Å². The molecule has 1 fully saturated rings. The topological polar surface area (TPSA) is 21.3 Å². The maximum atomic E-state index is 13.5. The summed E-state index contributed by atoms with van der Waals surface area (Å²) in [6, 6.07) is 4.94. The Balaban J connectivity index is 2.34. The molecular formula is C15H22FNO. The van der Waals surface area contributed by atoms with E-state index in [-0.39, 0.29) is 11.9 Å². The van der Waals surface area contributed by atoms with Crippen molar-refractivity contribution in [3.05, 3.63) is 29.6 Å². The summed E-state index contributed by atoms with van der Waals surface area (Å²) in [7, 11) is 3.58. The summed E-state index contributed by atoms with van der Waals surface area (Å²) >= 11 is 0. The summed E-state index contributed by atoms with van der Waals surface area (Å²) in [5, 5.41) is 3.35. The summed E-state index contributed by atoms with van der Waals surface area (Å²) in [5.74, 6) is 1.81. The van der Waals surface area contributed by atoms with Crippen LogP contribution in [0.4, 0.5) is 4.39 Å². The average Bonchev–Trinajstić information content (AvgIpc) is 2.77. The lowest BCUT2D eigenvalue weighted by Crippen LogP contribution is -2.27. The Morgan fingerprint density at radius 2 is 2.17 bits per heavy atom. The lowest BCUT2D eigenvalue weighted by molar-refractivity contribution is 0.304. The minimum atomic E-state index is -0.197. The summed E-state index contributed by atoms with van der Waals surface area (Å²) < 4.78 is 18.9. The summed E-state index contributed by atoms with van der Waals surface area (Å²) in [4.78, 5) is 0. The quantitative estimate of drug-likeness (QED) is 0.884.